The van der Waals surface area contributed by atoms with Crippen LogP contribution in [0.3, 0.4) is 0 Å². The van der Waals surface area contributed by atoms with E-state index < -0.39 is 19.1 Å². The number of nitrogen functional groups attached to an aromatic ring is 1. The lowest BCUT2D eigenvalue weighted by Crippen LogP contribution is -2.14. The number of rotatable bonds is 12. The van der Waals surface area contributed by atoms with Gasteiger partial charge in [-0.3, -0.25) is 4.72 Å². The molecular formula is C37H45Cl7N2O8S2. The van der Waals surface area contributed by atoms with Crippen LogP contribution >= 0.6 is 80.3 Å². The number of ether oxygens (including phenoxy) is 4. The molecule has 56 heavy (non-hydrogen) atoms. The number of halogens is 7. The predicted octanol–water partition coefficient (Wildman–Crippen LogP) is 13.2. The zero-order valence-electron chi connectivity index (χ0n) is 31.9. The van der Waals surface area contributed by atoms with Gasteiger partial charge in [0.1, 0.15) is 23.0 Å². The summed E-state index contributed by atoms with van der Waals surface area (Å²) >= 11 is 34.3. The Balaban J connectivity index is 0.000000467. The van der Waals surface area contributed by atoms with E-state index in [1.165, 1.54) is 19.1 Å². The number of nitrogens with two attached hydrogens (primary N) is 1. The summed E-state index contributed by atoms with van der Waals surface area (Å²) in [6.07, 6.45) is 0. The standard InChI is InChI=1S/C18H21Cl2NO4S.C16H17Cl2NO2.C2H5ClO2S.CH2Cl2/c1-5-26(22,23)21-12-8-15(19)18(16(20)9-12)25-13-6-7-17(24-4)14(10-13)11(2)3;1-9(2)12-8-11(4-5-15(12)20-3)21-16-13(17)6-10(19)7-14(16)18;1-2-6(3,4)5;2-1-3/h6-11,21H,5H2,1-4H3;4-9H,19H2,1-3H3;2H2,1H3;1H2. The third kappa shape index (κ3) is 17.6. The minimum absolute atomic E-state index is 0.00849. The Morgan fingerprint density at radius 2 is 0.982 bits per heavy atom. The van der Waals surface area contributed by atoms with Crippen molar-refractivity contribution in [2.75, 3.05) is 41.5 Å². The molecule has 0 heterocycles. The topological polar surface area (TPSA) is 143 Å². The van der Waals surface area contributed by atoms with Crippen LogP contribution in [-0.2, 0) is 19.1 Å². The monoisotopic (exact) mass is 954 g/mol. The van der Waals surface area contributed by atoms with Crippen molar-refractivity contribution < 1.29 is 35.8 Å². The van der Waals surface area contributed by atoms with Crippen molar-refractivity contribution in [3.8, 4) is 34.5 Å². The molecule has 4 rings (SSSR count). The first kappa shape index (κ1) is 51.6. The molecule has 0 aliphatic rings. The van der Waals surface area contributed by atoms with E-state index in [2.05, 4.69) is 43.1 Å². The van der Waals surface area contributed by atoms with Gasteiger partial charge in [0.15, 0.2) is 11.5 Å². The van der Waals surface area contributed by atoms with Crippen molar-refractivity contribution in [1.29, 1.82) is 0 Å². The summed E-state index contributed by atoms with van der Waals surface area (Å²) in [5.74, 6) is 3.96. The molecule has 4 aromatic rings. The highest BCUT2D eigenvalue weighted by Crippen LogP contribution is 2.42. The number of nitrogens with one attached hydrogen (secondary N) is 1. The lowest BCUT2D eigenvalue weighted by Gasteiger charge is -2.16. The van der Waals surface area contributed by atoms with Crippen LogP contribution in [0, 0.1) is 0 Å². The van der Waals surface area contributed by atoms with E-state index >= 15 is 0 Å². The Morgan fingerprint density at radius 3 is 1.27 bits per heavy atom. The Bertz CT molecular complexity index is 2060. The van der Waals surface area contributed by atoms with Crippen molar-refractivity contribution >= 4 is 111 Å². The molecule has 0 radical (unpaired) electrons. The van der Waals surface area contributed by atoms with E-state index in [1.807, 2.05) is 30.3 Å². The van der Waals surface area contributed by atoms with Gasteiger partial charge in [-0.1, -0.05) is 81.0 Å². The summed E-state index contributed by atoms with van der Waals surface area (Å²) < 4.78 is 67.7. The second-order valence-corrected chi connectivity index (χ2v) is 19.4. The quantitative estimate of drug-likeness (QED) is 0.0806. The first-order valence-electron chi connectivity index (χ1n) is 16.6. The van der Waals surface area contributed by atoms with E-state index in [0.717, 1.165) is 22.6 Å². The molecule has 0 fully saturated rings. The maximum absolute atomic E-state index is 11.7. The minimum Gasteiger partial charge on any atom is -0.496 e. The number of hydrogen-bond donors (Lipinski definition) is 2. The second-order valence-electron chi connectivity index (χ2n) is 11.8. The second kappa shape index (κ2) is 24.5. The summed E-state index contributed by atoms with van der Waals surface area (Å²) in [4.78, 5) is 0. The zero-order chi connectivity index (χ0) is 43.0. The van der Waals surface area contributed by atoms with Gasteiger partial charge in [-0.15, -0.1) is 23.2 Å². The highest BCUT2D eigenvalue weighted by atomic mass is 35.7. The molecule has 0 spiro atoms. The van der Waals surface area contributed by atoms with E-state index in [4.69, 9.17) is 94.3 Å². The van der Waals surface area contributed by atoms with Crippen LogP contribution in [0.2, 0.25) is 20.1 Å². The SMILES string of the molecule is CCS(=O)(=O)Cl.CCS(=O)(=O)Nc1cc(Cl)c(Oc2ccc(OC)c(C(C)C)c2)c(Cl)c1.COc1ccc(Oc2c(Cl)cc(N)cc2Cl)cc1C(C)C.ClCCl. The van der Waals surface area contributed by atoms with Gasteiger partial charge in [0, 0.05) is 27.5 Å². The van der Waals surface area contributed by atoms with Gasteiger partial charge in [0.2, 0.25) is 19.1 Å². The van der Waals surface area contributed by atoms with E-state index in [9.17, 15) is 16.8 Å². The van der Waals surface area contributed by atoms with Crippen LogP contribution in [0.1, 0.15) is 64.5 Å². The number of methoxy groups -OCH3 is 2. The lowest BCUT2D eigenvalue weighted by molar-refractivity contribution is 0.405. The fourth-order valence-corrected chi connectivity index (χ4v) is 6.10. The molecule has 0 aromatic heterocycles. The van der Waals surface area contributed by atoms with E-state index in [-0.39, 0.29) is 44.2 Å². The van der Waals surface area contributed by atoms with Gasteiger partial charge in [0.05, 0.1) is 56.8 Å². The maximum Gasteiger partial charge on any atom is 0.232 e. The normalized spacial score (nSPS) is 10.9. The van der Waals surface area contributed by atoms with Crippen LogP contribution < -0.4 is 29.4 Å². The molecule has 0 bridgehead atoms. The zero-order valence-corrected chi connectivity index (χ0v) is 38.8. The Hall–Kier alpha value is -2.39. The summed E-state index contributed by atoms with van der Waals surface area (Å²) in [5, 5.41) is 1.35. The van der Waals surface area contributed by atoms with Crippen LogP contribution in [-0.4, -0.2) is 47.9 Å². The summed E-state index contributed by atoms with van der Waals surface area (Å²) in [6, 6.07) is 17.2. The molecule has 3 N–H and O–H groups in total. The number of sulfonamides is 1. The lowest BCUT2D eigenvalue weighted by atomic mass is 10.0. The van der Waals surface area contributed by atoms with Crippen molar-refractivity contribution in [3.63, 3.8) is 0 Å². The molecule has 312 valence electrons. The van der Waals surface area contributed by atoms with E-state index in [1.54, 1.807) is 39.3 Å². The van der Waals surface area contributed by atoms with Gasteiger partial charge in [-0.25, -0.2) is 16.8 Å². The highest BCUT2D eigenvalue weighted by Gasteiger charge is 2.17. The molecule has 0 amide bonds. The number of benzene rings is 4. The molecule has 0 aliphatic carbocycles. The molecule has 0 saturated carbocycles. The van der Waals surface area contributed by atoms with Crippen molar-refractivity contribution in [2.45, 2.75) is 53.4 Å². The van der Waals surface area contributed by atoms with Crippen LogP contribution in [0.5, 0.6) is 34.5 Å². The Morgan fingerprint density at radius 1 is 0.643 bits per heavy atom. The predicted molar refractivity (Wildman–Crippen MR) is 237 cm³/mol. The van der Waals surface area contributed by atoms with Gasteiger partial charge in [-0.2, -0.15) is 0 Å². The average molecular weight is 958 g/mol. The highest BCUT2D eigenvalue weighted by molar-refractivity contribution is 8.13. The van der Waals surface area contributed by atoms with Gasteiger partial charge in [-0.05, 0) is 79.4 Å². The first-order valence-corrected chi connectivity index (χ1v) is 23.3. The third-order valence-corrected chi connectivity index (χ3v) is 10.9. The summed E-state index contributed by atoms with van der Waals surface area (Å²) in [6.45, 7) is 11.3. The molecule has 0 unspecified atom stereocenters. The van der Waals surface area contributed by atoms with Crippen LogP contribution in [0.25, 0.3) is 0 Å². The van der Waals surface area contributed by atoms with Crippen molar-refractivity contribution in [1.82, 2.24) is 0 Å². The molecule has 19 heteroatoms. The molecule has 4 aromatic carbocycles. The van der Waals surface area contributed by atoms with Gasteiger partial charge < -0.3 is 24.7 Å². The average Bonchev–Trinajstić information content (AvgIpc) is 3.11. The van der Waals surface area contributed by atoms with Crippen LogP contribution in [0.4, 0.5) is 11.4 Å². The van der Waals surface area contributed by atoms with Crippen LogP contribution in [0.15, 0.2) is 60.7 Å². The third-order valence-electron chi connectivity index (χ3n) is 7.10. The number of hydrogen-bond acceptors (Lipinski definition) is 9. The number of anilines is 2. The van der Waals surface area contributed by atoms with Crippen molar-refractivity contribution in [2.24, 2.45) is 0 Å². The molecule has 0 atom stereocenters. The van der Waals surface area contributed by atoms with Gasteiger partial charge in [0.25, 0.3) is 0 Å². The molecule has 0 saturated heterocycles. The fourth-order valence-electron chi connectivity index (χ4n) is 4.33. The fraction of sp³-hybridized carbons (Fsp3) is 0.351. The number of alkyl halides is 2. The van der Waals surface area contributed by atoms with Crippen molar-refractivity contribution in [3.05, 3.63) is 91.9 Å². The Labute approximate surface area is 365 Å². The minimum atomic E-state index is -3.42. The van der Waals surface area contributed by atoms with Gasteiger partial charge >= 0.3 is 0 Å². The first-order chi connectivity index (χ1) is 26.1. The molecular weight excluding hydrogens is 913 g/mol. The summed E-state index contributed by atoms with van der Waals surface area (Å²) in [7, 11) is 1.34. The Kier molecular flexibility index (Phi) is 22.6. The maximum atomic E-state index is 11.7. The summed E-state index contributed by atoms with van der Waals surface area (Å²) in [5.41, 5.74) is 8.51. The van der Waals surface area contributed by atoms with E-state index in [0.29, 0.717) is 38.9 Å². The largest absolute Gasteiger partial charge is 0.496 e. The smallest absolute Gasteiger partial charge is 0.232 e. The molecule has 10 nitrogen and oxygen atoms in total. The molecule has 0 aliphatic heterocycles.